The van der Waals surface area contributed by atoms with Crippen LogP contribution in [0.15, 0.2) is 36.5 Å². The molecule has 0 fully saturated rings. The number of phosphoric ester groups is 1. The van der Waals surface area contributed by atoms with E-state index in [4.69, 9.17) is 23.6 Å². The van der Waals surface area contributed by atoms with Crippen LogP contribution in [0.1, 0.15) is 232 Å². The van der Waals surface area contributed by atoms with Gasteiger partial charge in [-0.25, -0.2) is 4.57 Å². The Morgan fingerprint density at radius 2 is 0.869 bits per heavy atom. The number of hydrogen-bond acceptors (Lipinski definition) is 9. The molecule has 3 atom stereocenters. The number of unbranched alkanes of at least 4 members (excludes halogenated alkanes) is 27. The maximum atomic E-state index is 12.6. The summed E-state index contributed by atoms with van der Waals surface area (Å²) in [6.45, 7) is 2.34. The van der Waals surface area contributed by atoms with E-state index >= 15 is 0 Å². The predicted octanol–water partition coefficient (Wildman–Crippen LogP) is 13.9. The summed E-state index contributed by atoms with van der Waals surface area (Å²) in [6, 6.07) is 0. The van der Waals surface area contributed by atoms with E-state index in [1.54, 1.807) is 0 Å². The van der Waals surface area contributed by atoms with Gasteiger partial charge in [-0.2, -0.15) is 0 Å². The topological polar surface area (TPSA) is 149 Å². The normalized spacial score (nSPS) is 14.0. The molecular formula is C50H93O10P. The van der Waals surface area contributed by atoms with Crippen LogP contribution >= 0.6 is 7.82 Å². The van der Waals surface area contributed by atoms with Crippen LogP contribution in [0, 0.1) is 0 Å². The Hall–Kier alpha value is -1.81. The Kier molecular flexibility index (Phi) is 44.8. The molecule has 0 heterocycles. The Balaban J connectivity index is 4.21. The van der Waals surface area contributed by atoms with Crippen molar-refractivity contribution in [2.24, 2.45) is 0 Å². The number of aliphatic hydroxyl groups excluding tert-OH is 2. The number of esters is 2. The van der Waals surface area contributed by atoms with Gasteiger partial charge in [-0.3, -0.25) is 18.6 Å². The fraction of sp³-hybridized carbons (Fsp3) is 0.840. The van der Waals surface area contributed by atoms with Crippen LogP contribution in [-0.2, 0) is 32.7 Å². The lowest BCUT2D eigenvalue weighted by molar-refractivity contribution is -0.161. The SMILES string of the molecule is CCCCCCCC/C=C/C/C=C/CCCCC(=O)O[C@@H](COC(=O)CCC/C=C/CCCCCCCCCCCCCCCCCCCC)COP(=O)(O)OC[C@H](O)CO. The number of carbonyl (C=O) groups excluding carboxylic acids is 2. The molecule has 0 radical (unpaired) electrons. The zero-order valence-corrected chi connectivity index (χ0v) is 40.0. The molecule has 0 aliphatic carbocycles. The Bertz CT molecular complexity index is 1110. The Morgan fingerprint density at radius 3 is 1.33 bits per heavy atom. The van der Waals surface area contributed by atoms with E-state index < -0.39 is 51.8 Å². The lowest BCUT2D eigenvalue weighted by Gasteiger charge is -2.20. The third kappa shape index (κ3) is 46.0. The van der Waals surface area contributed by atoms with Crippen molar-refractivity contribution >= 4 is 19.8 Å². The van der Waals surface area contributed by atoms with Crippen molar-refractivity contribution in [2.45, 2.75) is 244 Å². The van der Waals surface area contributed by atoms with E-state index in [1.807, 2.05) is 0 Å². The Morgan fingerprint density at radius 1 is 0.492 bits per heavy atom. The largest absolute Gasteiger partial charge is 0.472 e. The molecule has 0 aliphatic rings. The minimum Gasteiger partial charge on any atom is -0.462 e. The van der Waals surface area contributed by atoms with Gasteiger partial charge in [0.2, 0.25) is 0 Å². The van der Waals surface area contributed by atoms with Crippen molar-refractivity contribution in [1.82, 2.24) is 0 Å². The summed E-state index contributed by atoms with van der Waals surface area (Å²) in [5, 5.41) is 18.4. The molecule has 0 spiro atoms. The van der Waals surface area contributed by atoms with Gasteiger partial charge in [-0.05, 0) is 64.2 Å². The van der Waals surface area contributed by atoms with Crippen LogP contribution in [0.3, 0.4) is 0 Å². The number of phosphoric acid groups is 1. The molecule has 0 aromatic heterocycles. The van der Waals surface area contributed by atoms with Crippen LogP contribution in [0.2, 0.25) is 0 Å². The third-order valence-corrected chi connectivity index (χ3v) is 11.7. The van der Waals surface area contributed by atoms with Crippen LogP contribution in [0.5, 0.6) is 0 Å². The average Bonchev–Trinajstić information content (AvgIpc) is 3.25. The maximum Gasteiger partial charge on any atom is 0.472 e. The third-order valence-electron chi connectivity index (χ3n) is 10.8. The fourth-order valence-corrected chi connectivity index (χ4v) is 7.70. The molecule has 1 unspecified atom stereocenters. The molecule has 358 valence electrons. The molecule has 0 aromatic carbocycles. The summed E-state index contributed by atoms with van der Waals surface area (Å²) in [4.78, 5) is 35.1. The fourth-order valence-electron chi connectivity index (χ4n) is 6.91. The van der Waals surface area contributed by atoms with Crippen LogP contribution in [-0.4, -0.2) is 65.7 Å². The summed E-state index contributed by atoms with van der Waals surface area (Å²) < 4.78 is 32.7. The minimum absolute atomic E-state index is 0.137. The second-order valence-corrected chi connectivity index (χ2v) is 18.3. The first-order valence-electron chi connectivity index (χ1n) is 24.9. The highest BCUT2D eigenvalue weighted by molar-refractivity contribution is 7.47. The average molecular weight is 885 g/mol. The minimum atomic E-state index is -4.63. The van der Waals surface area contributed by atoms with E-state index in [-0.39, 0.29) is 19.4 Å². The van der Waals surface area contributed by atoms with Gasteiger partial charge in [0.15, 0.2) is 6.10 Å². The lowest BCUT2D eigenvalue weighted by Crippen LogP contribution is -2.29. The second-order valence-electron chi connectivity index (χ2n) is 16.8. The number of aliphatic hydroxyl groups is 2. The smallest absolute Gasteiger partial charge is 0.462 e. The molecule has 0 bridgehead atoms. The molecule has 3 N–H and O–H groups in total. The molecule has 0 rings (SSSR count). The van der Waals surface area contributed by atoms with E-state index in [2.05, 4.69) is 50.3 Å². The van der Waals surface area contributed by atoms with Crippen LogP contribution in [0.25, 0.3) is 0 Å². The summed E-state index contributed by atoms with van der Waals surface area (Å²) in [7, 11) is -4.63. The number of carbonyl (C=O) groups is 2. The molecule has 0 saturated carbocycles. The molecule has 0 aliphatic heterocycles. The van der Waals surface area contributed by atoms with Gasteiger partial charge in [0, 0.05) is 12.8 Å². The van der Waals surface area contributed by atoms with Crippen molar-refractivity contribution in [3.63, 3.8) is 0 Å². The van der Waals surface area contributed by atoms with Gasteiger partial charge in [-0.1, -0.05) is 192 Å². The summed E-state index contributed by atoms with van der Waals surface area (Å²) in [5.41, 5.74) is 0. The first-order chi connectivity index (χ1) is 29.7. The molecular weight excluding hydrogens is 792 g/mol. The number of ether oxygens (including phenoxy) is 2. The van der Waals surface area contributed by atoms with Crippen molar-refractivity contribution in [3.8, 4) is 0 Å². The zero-order chi connectivity index (χ0) is 44.8. The zero-order valence-electron chi connectivity index (χ0n) is 39.1. The maximum absolute atomic E-state index is 12.6. The van der Waals surface area contributed by atoms with E-state index in [0.717, 1.165) is 38.5 Å². The molecule has 0 aromatic rings. The predicted molar refractivity (Wildman–Crippen MR) is 251 cm³/mol. The summed E-state index contributed by atoms with van der Waals surface area (Å²) in [6.07, 6.45) is 49.9. The van der Waals surface area contributed by atoms with Crippen molar-refractivity contribution < 1.29 is 47.8 Å². The van der Waals surface area contributed by atoms with Gasteiger partial charge < -0.3 is 24.6 Å². The molecule has 0 amide bonds. The van der Waals surface area contributed by atoms with E-state index in [9.17, 15) is 24.2 Å². The lowest BCUT2D eigenvalue weighted by atomic mass is 10.0. The first-order valence-corrected chi connectivity index (χ1v) is 26.4. The summed E-state index contributed by atoms with van der Waals surface area (Å²) in [5.74, 6) is -0.993. The first kappa shape index (κ1) is 59.2. The van der Waals surface area contributed by atoms with Crippen LogP contribution < -0.4 is 0 Å². The highest BCUT2D eigenvalue weighted by atomic mass is 31.2. The van der Waals surface area contributed by atoms with Gasteiger partial charge in [0.25, 0.3) is 0 Å². The van der Waals surface area contributed by atoms with Crippen molar-refractivity contribution in [2.75, 3.05) is 26.4 Å². The second kappa shape index (κ2) is 46.2. The molecule has 10 nitrogen and oxygen atoms in total. The number of allylic oxidation sites excluding steroid dienone is 6. The van der Waals surface area contributed by atoms with Crippen LogP contribution in [0.4, 0.5) is 0 Å². The quantitative estimate of drug-likeness (QED) is 0.0233. The standard InChI is InChI=1S/C50H93O10P/c1-3-5-7-9-11-13-15-17-19-20-21-22-23-24-25-26-28-29-31-33-35-37-39-41-49(53)57-45-48(46-59-61(55,56)58-44-47(52)43-51)60-50(54)42-40-38-36-34-32-30-27-18-16-14-12-10-8-6-4-2/h18,27,32-35,47-48,51-52H,3-17,19-26,28-31,36-46H2,1-2H3,(H,55,56)/b27-18+,34-32+,35-33+/t47-,48+/m1/s1. The van der Waals surface area contributed by atoms with Gasteiger partial charge in [0.1, 0.15) is 12.7 Å². The van der Waals surface area contributed by atoms with E-state index in [0.29, 0.717) is 12.8 Å². The van der Waals surface area contributed by atoms with E-state index in [1.165, 1.54) is 154 Å². The highest BCUT2D eigenvalue weighted by Crippen LogP contribution is 2.43. The van der Waals surface area contributed by atoms with Crippen molar-refractivity contribution in [3.05, 3.63) is 36.5 Å². The Labute approximate surface area is 373 Å². The molecule has 61 heavy (non-hydrogen) atoms. The highest BCUT2D eigenvalue weighted by Gasteiger charge is 2.27. The number of hydrogen-bond donors (Lipinski definition) is 3. The van der Waals surface area contributed by atoms with Gasteiger partial charge >= 0.3 is 19.8 Å². The number of rotatable bonds is 47. The van der Waals surface area contributed by atoms with Crippen molar-refractivity contribution in [1.29, 1.82) is 0 Å². The van der Waals surface area contributed by atoms with Gasteiger partial charge in [-0.15, -0.1) is 0 Å². The summed E-state index contributed by atoms with van der Waals surface area (Å²) >= 11 is 0. The van der Waals surface area contributed by atoms with Gasteiger partial charge in [0.05, 0.1) is 19.8 Å². The molecule has 0 saturated heterocycles. The monoisotopic (exact) mass is 885 g/mol. The molecule has 11 heteroatoms.